The van der Waals surface area contributed by atoms with Gasteiger partial charge in [0, 0.05) is 18.3 Å². The summed E-state index contributed by atoms with van der Waals surface area (Å²) in [6.07, 6.45) is -2.10. The molecule has 0 aliphatic heterocycles. The molecule has 0 saturated carbocycles. The van der Waals surface area contributed by atoms with Gasteiger partial charge >= 0.3 is 6.18 Å². The maximum atomic E-state index is 13.0. The van der Waals surface area contributed by atoms with E-state index in [9.17, 15) is 13.2 Å². The van der Waals surface area contributed by atoms with E-state index in [4.69, 9.17) is 0 Å². The van der Waals surface area contributed by atoms with Crippen LogP contribution < -0.4 is 0 Å². The molecule has 3 aromatic rings. The van der Waals surface area contributed by atoms with Crippen molar-refractivity contribution in [3.8, 4) is 5.69 Å². The van der Waals surface area contributed by atoms with Crippen molar-refractivity contribution in [2.24, 2.45) is 5.92 Å². The highest BCUT2D eigenvalue weighted by Crippen LogP contribution is 2.31. The second-order valence-electron chi connectivity index (χ2n) is 5.86. The first-order chi connectivity index (χ1) is 10.9. The van der Waals surface area contributed by atoms with Gasteiger partial charge in [0.25, 0.3) is 0 Å². The Kier molecular flexibility index (Phi) is 3.83. The molecule has 0 fully saturated rings. The number of hydrogen-bond acceptors (Lipinski definition) is 2. The number of imidazole rings is 1. The van der Waals surface area contributed by atoms with E-state index in [1.54, 1.807) is 22.9 Å². The van der Waals surface area contributed by atoms with Gasteiger partial charge in [-0.2, -0.15) is 13.2 Å². The van der Waals surface area contributed by atoms with E-state index in [1.165, 1.54) is 6.07 Å². The molecular formula is C17H16F3N3. The molecule has 0 aliphatic carbocycles. The highest BCUT2D eigenvalue weighted by molar-refractivity contribution is 5.73. The minimum Gasteiger partial charge on any atom is -0.281 e. The van der Waals surface area contributed by atoms with Gasteiger partial charge in [-0.3, -0.25) is 4.57 Å². The van der Waals surface area contributed by atoms with E-state index in [0.29, 0.717) is 35.0 Å². The Labute approximate surface area is 131 Å². The minimum absolute atomic E-state index is 0.330. The standard InChI is InChI=1S/C17H16F3N3/c1-11(2)9-15-22-14-7-4-8-21-16(14)23(15)13-6-3-5-12(10-13)17(18,19)20/h3-8,10-11H,9H2,1-2H3. The van der Waals surface area contributed by atoms with Crippen LogP contribution in [0.25, 0.3) is 16.9 Å². The van der Waals surface area contributed by atoms with Crippen LogP contribution in [0.2, 0.25) is 0 Å². The summed E-state index contributed by atoms with van der Waals surface area (Å²) in [5, 5.41) is 0. The Morgan fingerprint density at radius 2 is 1.91 bits per heavy atom. The number of pyridine rings is 1. The SMILES string of the molecule is CC(C)Cc1nc2cccnc2n1-c1cccc(C(F)(F)F)c1. The van der Waals surface area contributed by atoms with Crippen LogP contribution >= 0.6 is 0 Å². The second kappa shape index (κ2) is 5.68. The molecular weight excluding hydrogens is 303 g/mol. The lowest BCUT2D eigenvalue weighted by Crippen LogP contribution is -2.09. The van der Waals surface area contributed by atoms with E-state index in [-0.39, 0.29) is 0 Å². The summed E-state index contributed by atoms with van der Waals surface area (Å²) in [5.74, 6) is 1.05. The van der Waals surface area contributed by atoms with Gasteiger partial charge < -0.3 is 0 Å². The Morgan fingerprint density at radius 1 is 1.13 bits per heavy atom. The molecule has 0 aliphatic rings. The van der Waals surface area contributed by atoms with Crippen LogP contribution in [0.5, 0.6) is 0 Å². The summed E-state index contributed by atoms with van der Waals surface area (Å²) in [7, 11) is 0. The largest absolute Gasteiger partial charge is 0.416 e. The predicted octanol–water partition coefficient (Wildman–Crippen LogP) is 4.64. The summed E-state index contributed by atoms with van der Waals surface area (Å²) in [6, 6.07) is 8.85. The van der Waals surface area contributed by atoms with Crippen LogP contribution in [0.3, 0.4) is 0 Å². The third-order valence-corrected chi connectivity index (χ3v) is 3.51. The number of hydrogen-bond donors (Lipinski definition) is 0. The summed E-state index contributed by atoms with van der Waals surface area (Å²) in [4.78, 5) is 8.84. The zero-order valence-corrected chi connectivity index (χ0v) is 12.8. The third kappa shape index (κ3) is 3.06. The van der Waals surface area contributed by atoms with Crippen molar-refractivity contribution in [2.45, 2.75) is 26.4 Å². The number of aromatic nitrogens is 3. The molecule has 2 aromatic heterocycles. The lowest BCUT2D eigenvalue weighted by Gasteiger charge is -2.13. The molecule has 0 radical (unpaired) electrons. The van der Waals surface area contributed by atoms with E-state index in [0.717, 1.165) is 12.1 Å². The molecule has 0 unspecified atom stereocenters. The lowest BCUT2D eigenvalue weighted by atomic mass is 10.1. The number of benzene rings is 1. The predicted molar refractivity (Wildman–Crippen MR) is 82.4 cm³/mol. The summed E-state index contributed by atoms with van der Waals surface area (Å²) < 4.78 is 40.7. The number of fused-ring (bicyclic) bond motifs is 1. The highest BCUT2D eigenvalue weighted by atomic mass is 19.4. The molecule has 2 heterocycles. The Hall–Kier alpha value is -2.37. The fraction of sp³-hybridized carbons (Fsp3) is 0.294. The van der Waals surface area contributed by atoms with Gasteiger partial charge in [-0.1, -0.05) is 19.9 Å². The number of halogens is 3. The lowest BCUT2D eigenvalue weighted by molar-refractivity contribution is -0.137. The summed E-state index contributed by atoms with van der Waals surface area (Å²) in [5.41, 5.74) is 1.00. The van der Waals surface area contributed by atoms with Gasteiger partial charge in [0.2, 0.25) is 0 Å². The van der Waals surface area contributed by atoms with Crippen molar-refractivity contribution in [1.82, 2.24) is 14.5 Å². The Bertz CT molecular complexity index is 834. The first-order valence-corrected chi connectivity index (χ1v) is 7.36. The first-order valence-electron chi connectivity index (χ1n) is 7.36. The minimum atomic E-state index is -4.38. The quantitative estimate of drug-likeness (QED) is 0.704. The molecule has 3 nitrogen and oxygen atoms in total. The average Bonchev–Trinajstić information content (AvgIpc) is 2.83. The van der Waals surface area contributed by atoms with Crippen molar-refractivity contribution in [3.05, 3.63) is 54.0 Å². The Balaban J connectivity index is 2.22. The summed E-state index contributed by atoms with van der Waals surface area (Å²) in [6.45, 7) is 4.09. The van der Waals surface area contributed by atoms with Crippen LogP contribution in [0.1, 0.15) is 25.2 Å². The smallest absolute Gasteiger partial charge is 0.281 e. The van der Waals surface area contributed by atoms with Gasteiger partial charge in [-0.25, -0.2) is 9.97 Å². The molecule has 120 valence electrons. The molecule has 3 rings (SSSR count). The van der Waals surface area contributed by atoms with Crippen molar-refractivity contribution in [1.29, 1.82) is 0 Å². The molecule has 23 heavy (non-hydrogen) atoms. The monoisotopic (exact) mass is 319 g/mol. The molecule has 0 N–H and O–H groups in total. The zero-order chi connectivity index (χ0) is 16.6. The number of rotatable bonds is 3. The third-order valence-electron chi connectivity index (χ3n) is 3.51. The molecule has 0 spiro atoms. The molecule has 0 atom stereocenters. The number of alkyl halides is 3. The van der Waals surface area contributed by atoms with E-state index in [1.807, 2.05) is 19.9 Å². The van der Waals surface area contributed by atoms with E-state index >= 15 is 0 Å². The molecule has 0 bridgehead atoms. The molecule has 0 amide bonds. The van der Waals surface area contributed by atoms with Crippen LogP contribution in [0.4, 0.5) is 13.2 Å². The summed E-state index contributed by atoms with van der Waals surface area (Å²) >= 11 is 0. The highest BCUT2D eigenvalue weighted by Gasteiger charge is 2.30. The van der Waals surface area contributed by atoms with Gasteiger partial charge in [0.05, 0.1) is 5.56 Å². The normalized spacial score (nSPS) is 12.3. The van der Waals surface area contributed by atoms with Crippen molar-refractivity contribution >= 4 is 11.2 Å². The Morgan fingerprint density at radius 3 is 2.61 bits per heavy atom. The maximum absolute atomic E-state index is 13.0. The van der Waals surface area contributed by atoms with Gasteiger partial charge in [0.15, 0.2) is 5.65 Å². The first kappa shape index (κ1) is 15.5. The zero-order valence-electron chi connectivity index (χ0n) is 12.8. The molecule has 1 aromatic carbocycles. The van der Waals surface area contributed by atoms with Gasteiger partial charge in [0.1, 0.15) is 11.3 Å². The fourth-order valence-electron chi connectivity index (χ4n) is 2.55. The molecule has 6 heteroatoms. The van der Waals surface area contributed by atoms with Crippen molar-refractivity contribution < 1.29 is 13.2 Å². The molecule has 0 saturated heterocycles. The van der Waals surface area contributed by atoms with E-state index < -0.39 is 11.7 Å². The van der Waals surface area contributed by atoms with Crippen LogP contribution in [-0.4, -0.2) is 14.5 Å². The topological polar surface area (TPSA) is 30.7 Å². The van der Waals surface area contributed by atoms with Crippen LogP contribution in [0.15, 0.2) is 42.6 Å². The van der Waals surface area contributed by atoms with Crippen LogP contribution in [-0.2, 0) is 12.6 Å². The maximum Gasteiger partial charge on any atom is 0.416 e. The second-order valence-corrected chi connectivity index (χ2v) is 5.86. The van der Waals surface area contributed by atoms with Gasteiger partial charge in [-0.05, 0) is 36.2 Å². The fourth-order valence-corrected chi connectivity index (χ4v) is 2.55. The average molecular weight is 319 g/mol. The van der Waals surface area contributed by atoms with E-state index in [2.05, 4.69) is 9.97 Å². The van der Waals surface area contributed by atoms with Gasteiger partial charge in [-0.15, -0.1) is 0 Å². The number of nitrogens with zero attached hydrogens (tertiary/aromatic N) is 3. The van der Waals surface area contributed by atoms with Crippen LogP contribution in [0, 0.1) is 5.92 Å². The van der Waals surface area contributed by atoms with Crippen molar-refractivity contribution in [2.75, 3.05) is 0 Å². The van der Waals surface area contributed by atoms with Crippen molar-refractivity contribution in [3.63, 3.8) is 0 Å².